The van der Waals surface area contributed by atoms with Crippen LogP contribution in [0.4, 0.5) is 0 Å². The minimum absolute atomic E-state index is 0.323. The Morgan fingerprint density at radius 3 is 2.70 bits per heavy atom. The highest BCUT2D eigenvalue weighted by molar-refractivity contribution is 14.1. The molecule has 0 saturated heterocycles. The predicted molar refractivity (Wildman–Crippen MR) is 94.4 cm³/mol. The number of nitrogens with zero attached hydrogens (tertiary/aromatic N) is 4. The third-order valence-corrected chi connectivity index (χ3v) is 5.28. The molecule has 1 aliphatic rings. The molecular weight excluding hydrogens is 403 g/mol. The van der Waals surface area contributed by atoms with E-state index in [1.54, 1.807) is 18.5 Å². The van der Waals surface area contributed by atoms with Crippen molar-refractivity contribution in [1.29, 1.82) is 5.26 Å². The van der Waals surface area contributed by atoms with Gasteiger partial charge in [0.05, 0.1) is 14.8 Å². The second kappa shape index (κ2) is 5.81. The van der Waals surface area contributed by atoms with E-state index in [-0.39, 0.29) is 0 Å². The average molecular weight is 416 g/mol. The molecule has 114 valence electrons. The van der Waals surface area contributed by atoms with Gasteiger partial charge in [0, 0.05) is 29.9 Å². The van der Waals surface area contributed by atoms with Gasteiger partial charge in [-0.1, -0.05) is 0 Å². The van der Waals surface area contributed by atoms with Crippen molar-refractivity contribution in [2.75, 3.05) is 0 Å². The molecule has 1 aromatic carbocycles. The van der Waals surface area contributed by atoms with Crippen LogP contribution in [0.5, 0.6) is 11.8 Å². The first kappa shape index (κ1) is 14.5. The summed E-state index contributed by atoms with van der Waals surface area (Å²) in [4.78, 5) is 8.17. The number of hydrogen-bond donors (Lipinski definition) is 0. The van der Waals surface area contributed by atoms with E-state index in [1.165, 1.54) is 6.42 Å². The van der Waals surface area contributed by atoms with E-state index in [2.05, 4.69) is 43.2 Å². The Labute approximate surface area is 147 Å². The second-order valence-corrected chi connectivity index (χ2v) is 6.57. The SMILES string of the molecule is N#Cc1c(I)n(C2CCC2)c2cc(Oc3ncccn3)ccc12. The van der Waals surface area contributed by atoms with Gasteiger partial charge in [-0.15, -0.1) is 0 Å². The van der Waals surface area contributed by atoms with Crippen molar-refractivity contribution < 1.29 is 4.74 Å². The topological polar surface area (TPSA) is 63.7 Å². The minimum atomic E-state index is 0.323. The summed E-state index contributed by atoms with van der Waals surface area (Å²) in [5.41, 5.74) is 1.79. The van der Waals surface area contributed by atoms with Crippen LogP contribution in [0.2, 0.25) is 0 Å². The van der Waals surface area contributed by atoms with Crippen molar-refractivity contribution in [3.63, 3.8) is 0 Å². The second-order valence-electron chi connectivity index (χ2n) is 5.54. The lowest BCUT2D eigenvalue weighted by Gasteiger charge is -2.29. The van der Waals surface area contributed by atoms with Gasteiger partial charge in [-0.05, 0) is 60.1 Å². The Hall–Kier alpha value is -2.14. The van der Waals surface area contributed by atoms with E-state index in [9.17, 15) is 5.26 Å². The van der Waals surface area contributed by atoms with Crippen LogP contribution in [0.1, 0.15) is 30.9 Å². The van der Waals surface area contributed by atoms with Crippen molar-refractivity contribution in [2.24, 2.45) is 0 Å². The van der Waals surface area contributed by atoms with Crippen molar-refractivity contribution in [3.8, 4) is 17.8 Å². The lowest BCUT2D eigenvalue weighted by molar-refractivity contribution is 0.317. The molecule has 1 aliphatic carbocycles. The van der Waals surface area contributed by atoms with Gasteiger partial charge in [0.15, 0.2) is 0 Å². The number of aromatic nitrogens is 3. The number of hydrogen-bond acceptors (Lipinski definition) is 4. The van der Waals surface area contributed by atoms with Crippen LogP contribution in [0.3, 0.4) is 0 Å². The van der Waals surface area contributed by atoms with Crippen LogP contribution in [-0.2, 0) is 0 Å². The Balaban J connectivity index is 1.82. The number of fused-ring (bicyclic) bond motifs is 1. The zero-order valence-corrected chi connectivity index (χ0v) is 14.4. The maximum absolute atomic E-state index is 9.49. The molecule has 0 radical (unpaired) electrons. The highest BCUT2D eigenvalue weighted by Gasteiger charge is 2.26. The standard InChI is InChI=1S/C17H13IN4O/c18-16-14(10-19)13-6-5-12(23-17-20-7-2-8-21-17)9-15(13)22(16)11-3-1-4-11/h2,5-9,11H,1,3-4H2. The van der Waals surface area contributed by atoms with Crippen LogP contribution < -0.4 is 4.74 Å². The maximum atomic E-state index is 9.49. The third kappa shape index (κ3) is 2.45. The van der Waals surface area contributed by atoms with E-state index >= 15 is 0 Å². The number of rotatable bonds is 3. The first-order chi connectivity index (χ1) is 11.3. The minimum Gasteiger partial charge on any atom is -0.424 e. The largest absolute Gasteiger partial charge is 0.424 e. The summed E-state index contributed by atoms with van der Waals surface area (Å²) < 4.78 is 9.02. The number of halogens is 1. The number of benzene rings is 1. The fraction of sp³-hybridized carbons (Fsp3) is 0.235. The molecule has 1 fully saturated rings. The monoisotopic (exact) mass is 416 g/mol. The van der Waals surface area contributed by atoms with E-state index in [0.29, 0.717) is 17.8 Å². The highest BCUT2D eigenvalue weighted by atomic mass is 127. The number of nitriles is 1. The van der Waals surface area contributed by atoms with Gasteiger partial charge >= 0.3 is 6.01 Å². The molecule has 2 aromatic heterocycles. The molecule has 0 N–H and O–H groups in total. The molecule has 0 unspecified atom stereocenters. The molecule has 2 heterocycles. The van der Waals surface area contributed by atoms with Crippen molar-refractivity contribution >= 4 is 33.5 Å². The fourth-order valence-electron chi connectivity index (χ4n) is 2.87. The van der Waals surface area contributed by atoms with E-state index < -0.39 is 0 Å². The molecule has 23 heavy (non-hydrogen) atoms. The van der Waals surface area contributed by atoms with Crippen molar-refractivity contribution in [1.82, 2.24) is 14.5 Å². The Bertz CT molecular complexity index is 910. The molecule has 0 spiro atoms. The Morgan fingerprint density at radius 2 is 2.04 bits per heavy atom. The molecule has 0 bridgehead atoms. The van der Waals surface area contributed by atoms with E-state index in [1.807, 2.05) is 18.2 Å². The molecular formula is C17H13IN4O. The van der Waals surface area contributed by atoms with Crippen molar-refractivity contribution in [3.05, 3.63) is 45.9 Å². The summed E-state index contributed by atoms with van der Waals surface area (Å²) in [5.74, 6) is 0.683. The van der Waals surface area contributed by atoms with Gasteiger partial charge < -0.3 is 9.30 Å². The first-order valence-electron chi connectivity index (χ1n) is 7.46. The molecule has 5 nitrogen and oxygen atoms in total. The van der Waals surface area contributed by atoms with Gasteiger partial charge in [0.1, 0.15) is 11.8 Å². The molecule has 0 amide bonds. The van der Waals surface area contributed by atoms with Crippen LogP contribution in [-0.4, -0.2) is 14.5 Å². The number of ether oxygens (including phenoxy) is 1. The molecule has 1 saturated carbocycles. The average Bonchev–Trinajstić information content (AvgIpc) is 2.79. The van der Waals surface area contributed by atoms with Gasteiger partial charge in [0.2, 0.25) is 0 Å². The first-order valence-corrected chi connectivity index (χ1v) is 8.54. The summed E-state index contributed by atoms with van der Waals surface area (Å²) in [5, 5.41) is 10.5. The van der Waals surface area contributed by atoms with Crippen LogP contribution in [0, 0.1) is 15.0 Å². The summed E-state index contributed by atoms with van der Waals surface area (Å²) in [6, 6.07) is 10.7. The maximum Gasteiger partial charge on any atom is 0.321 e. The molecule has 0 atom stereocenters. The molecule has 6 heteroatoms. The van der Waals surface area contributed by atoms with Gasteiger partial charge in [-0.25, -0.2) is 9.97 Å². The van der Waals surface area contributed by atoms with Gasteiger partial charge in [-0.3, -0.25) is 0 Å². The lowest BCUT2D eigenvalue weighted by atomic mass is 9.93. The predicted octanol–water partition coefficient (Wildman–Crippen LogP) is 4.42. The smallest absolute Gasteiger partial charge is 0.321 e. The van der Waals surface area contributed by atoms with E-state index in [4.69, 9.17) is 4.74 Å². The van der Waals surface area contributed by atoms with Crippen LogP contribution >= 0.6 is 22.6 Å². The zero-order chi connectivity index (χ0) is 15.8. The van der Waals surface area contributed by atoms with Gasteiger partial charge in [-0.2, -0.15) is 5.26 Å². The molecule has 0 aliphatic heterocycles. The summed E-state index contributed by atoms with van der Waals surface area (Å²) in [6.45, 7) is 0. The van der Waals surface area contributed by atoms with E-state index in [0.717, 1.165) is 33.0 Å². The zero-order valence-electron chi connectivity index (χ0n) is 12.2. The normalized spacial score (nSPS) is 14.4. The quantitative estimate of drug-likeness (QED) is 0.593. The fourth-order valence-corrected chi connectivity index (χ4v) is 3.94. The lowest BCUT2D eigenvalue weighted by Crippen LogP contribution is -2.18. The summed E-state index contributed by atoms with van der Waals surface area (Å²) in [6.07, 6.45) is 6.87. The summed E-state index contributed by atoms with van der Waals surface area (Å²) in [7, 11) is 0. The van der Waals surface area contributed by atoms with Gasteiger partial charge in [0.25, 0.3) is 0 Å². The Morgan fingerprint density at radius 1 is 1.26 bits per heavy atom. The molecule has 4 rings (SSSR count). The summed E-state index contributed by atoms with van der Waals surface area (Å²) >= 11 is 2.28. The van der Waals surface area contributed by atoms with Crippen LogP contribution in [0.25, 0.3) is 10.9 Å². The third-order valence-electron chi connectivity index (χ3n) is 4.22. The molecule has 3 aromatic rings. The Kier molecular flexibility index (Phi) is 3.65. The van der Waals surface area contributed by atoms with Crippen LogP contribution in [0.15, 0.2) is 36.7 Å². The van der Waals surface area contributed by atoms with Crippen molar-refractivity contribution in [2.45, 2.75) is 25.3 Å². The highest BCUT2D eigenvalue weighted by Crippen LogP contribution is 2.40.